The lowest BCUT2D eigenvalue weighted by Crippen LogP contribution is -2.28. The number of H-pyrrole nitrogens is 1. The summed E-state index contributed by atoms with van der Waals surface area (Å²) in [4.78, 5) is 12.2. The van der Waals surface area contributed by atoms with Gasteiger partial charge in [-0.1, -0.05) is 6.42 Å². The number of nitrogens with one attached hydrogen (secondary N) is 2. The van der Waals surface area contributed by atoms with Crippen molar-refractivity contribution in [3.05, 3.63) is 10.6 Å². The Morgan fingerprint density at radius 1 is 1.48 bits per heavy atom. The van der Waals surface area contributed by atoms with E-state index in [4.69, 9.17) is 12.2 Å². The average Bonchev–Trinajstić information content (AvgIpc) is 3.11. The van der Waals surface area contributed by atoms with Crippen molar-refractivity contribution in [1.82, 2.24) is 20.1 Å². The third-order valence-electron chi connectivity index (χ3n) is 5.07. The maximum Gasteiger partial charge on any atom is 0.220 e. The van der Waals surface area contributed by atoms with E-state index in [1.165, 1.54) is 25.7 Å². The van der Waals surface area contributed by atoms with Crippen molar-refractivity contribution < 1.29 is 4.79 Å². The van der Waals surface area contributed by atoms with Gasteiger partial charge in [-0.15, -0.1) is 0 Å². The molecule has 1 heterocycles. The van der Waals surface area contributed by atoms with E-state index in [2.05, 4.69) is 29.4 Å². The van der Waals surface area contributed by atoms with Crippen molar-refractivity contribution >= 4 is 18.1 Å². The molecule has 1 aromatic rings. The van der Waals surface area contributed by atoms with E-state index in [0.717, 1.165) is 17.7 Å². The molecule has 6 heteroatoms. The van der Waals surface area contributed by atoms with Crippen molar-refractivity contribution in [2.24, 2.45) is 17.8 Å². The van der Waals surface area contributed by atoms with E-state index in [0.29, 0.717) is 23.7 Å². The van der Waals surface area contributed by atoms with Crippen LogP contribution in [-0.2, 0) is 11.3 Å². The molecule has 0 radical (unpaired) electrons. The van der Waals surface area contributed by atoms with E-state index in [9.17, 15) is 4.79 Å². The number of aromatic nitrogens is 3. The Morgan fingerprint density at radius 2 is 2.29 bits per heavy atom. The van der Waals surface area contributed by atoms with Crippen LogP contribution in [0, 0.1) is 22.5 Å². The summed E-state index contributed by atoms with van der Waals surface area (Å²) in [5, 5.41) is 10.0. The minimum atomic E-state index is 0.150. The molecule has 3 atom stereocenters. The molecular weight excluding hydrogens is 284 g/mol. The largest absolute Gasteiger partial charge is 0.349 e. The van der Waals surface area contributed by atoms with Gasteiger partial charge in [-0.25, -0.2) is 0 Å². The first-order valence-electron chi connectivity index (χ1n) is 7.97. The van der Waals surface area contributed by atoms with Crippen molar-refractivity contribution in [2.45, 2.75) is 58.5 Å². The van der Waals surface area contributed by atoms with Crippen LogP contribution in [-0.4, -0.2) is 20.7 Å². The second-order valence-electron chi connectivity index (χ2n) is 6.82. The highest BCUT2D eigenvalue weighted by atomic mass is 32.1. The van der Waals surface area contributed by atoms with Crippen LogP contribution in [0.4, 0.5) is 0 Å². The number of rotatable bonds is 5. The van der Waals surface area contributed by atoms with Crippen LogP contribution in [0.15, 0.2) is 0 Å². The molecule has 1 amide bonds. The van der Waals surface area contributed by atoms with Crippen molar-refractivity contribution in [2.75, 3.05) is 0 Å². The summed E-state index contributed by atoms with van der Waals surface area (Å²) in [7, 11) is 0. The summed E-state index contributed by atoms with van der Waals surface area (Å²) in [6.45, 7) is 4.57. The molecule has 3 rings (SSSR count). The molecule has 2 aliphatic rings. The van der Waals surface area contributed by atoms with Crippen LogP contribution in [0.2, 0.25) is 0 Å². The van der Waals surface area contributed by atoms with Crippen LogP contribution < -0.4 is 5.32 Å². The Kier molecular flexibility index (Phi) is 4.15. The SMILES string of the molecule is CC(C)n1c(CNC(=O)C[C@@H]2C[C@H]3CC[C@H]2C3)n[nH]c1=S. The van der Waals surface area contributed by atoms with Crippen LogP contribution in [0.1, 0.15) is 57.8 Å². The third kappa shape index (κ3) is 3.05. The second kappa shape index (κ2) is 5.91. The van der Waals surface area contributed by atoms with Crippen LogP contribution >= 0.6 is 12.2 Å². The van der Waals surface area contributed by atoms with Gasteiger partial charge in [0.05, 0.1) is 6.54 Å². The predicted molar refractivity (Wildman–Crippen MR) is 83.2 cm³/mol. The summed E-state index contributed by atoms with van der Waals surface area (Å²) >= 11 is 5.21. The highest BCUT2D eigenvalue weighted by Crippen LogP contribution is 2.49. The molecule has 2 saturated carbocycles. The van der Waals surface area contributed by atoms with Gasteiger partial charge in [0.1, 0.15) is 0 Å². The van der Waals surface area contributed by atoms with Crippen molar-refractivity contribution in [1.29, 1.82) is 0 Å². The normalized spacial score (nSPS) is 27.5. The fraction of sp³-hybridized carbons (Fsp3) is 0.800. The molecule has 0 unspecified atom stereocenters. The predicted octanol–water partition coefficient (Wildman–Crippen LogP) is 2.96. The number of aromatic amines is 1. The minimum Gasteiger partial charge on any atom is -0.349 e. The summed E-state index contributed by atoms with van der Waals surface area (Å²) in [5.74, 6) is 3.25. The Hall–Kier alpha value is -1.17. The van der Waals surface area contributed by atoms with Gasteiger partial charge in [-0.05, 0) is 63.1 Å². The molecule has 2 aliphatic carbocycles. The number of fused-ring (bicyclic) bond motifs is 2. The van der Waals surface area contributed by atoms with E-state index in [-0.39, 0.29) is 11.9 Å². The van der Waals surface area contributed by atoms with E-state index < -0.39 is 0 Å². The highest BCUT2D eigenvalue weighted by Gasteiger charge is 2.40. The van der Waals surface area contributed by atoms with Gasteiger partial charge in [0.25, 0.3) is 0 Å². The van der Waals surface area contributed by atoms with Gasteiger partial charge < -0.3 is 9.88 Å². The molecule has 0 saturated heterocycles. The van der Waals surface area contributed by atoms with E-state index in [1.807, 2.05) is 4.57 Å². The van der Waals surface area contributed by atoms with Gasteiger partial charge in [0.15, 0.2) is 10.6 Å². The third-order valence-corrected chi connectivity index (χ3v) is 5.36. The van der Waals surface area contributed by atoms with E-state index >= 15 is 0 Å². The Balaban J connectivity index is 1.53. The fourth-order valence-corrected chi connectivity index (χ4v) is 4.47. The quantitative estimate of drug-likeness (QED) is 0.822. The second-order valence-corrected chi connectivity index (χ2v) is 7.21. The molecule has 0 aromatic carbocycles. The molecule has 116 valence electrons. The zero-order chi connectivity index (χ0) is 15.0. The molecule has 0 spiro atoms. The summed E-state index contributed by atoms with van der Waals surface area (Å²) in [6, 6.07) is 0.244. The minimum absolute atomic E-state index is 0.150. The maximum atomic E-state index is 12.2. The van der Waals surface area contributed by atoms with Crippen LogP contribution in [0.25, 0.3) is 0 Å². The zero-order valence-electron chi connectivity index (χ0n) is 12.8. The molecule has 2 N–H and O–H groups in total. The zero-order valence-corrected chi connectivity index (χ0v) is 13.6. The van der Waals surface area contributed by atoms with Gasteiger partial charge >= 0.3 is 0 Å². The topological polar surface area (TPSA) is 62.7 Å². The lowest BCUT2D eigenvalue weighted by molar-refractivity contribution is -0.122. The fourth-order valence-electron chi connectivity index (χ4n) is 4.11. The number of amides is 1. The van der Waals surface area contributed by atoms with Gasteiger partial charge in [-0.2, -0.15) is 5.10 Å². The highest BCUT2D eigenvalue weighted by molar-refractivity contribution is 7.71. The Bertz CT molecular complexity index is 576. The van der Waals surface area contributed by atoms with Gasteiger partial charge in [0, 0.05) is 12.5 Å². The first-order valence-corrected chi connectivity index (χ1v) is 8.38. The molecule has 21 heavy (non-hydrogen) atoms. The molecular formula is C15H24N4OS. The van der Waals surface area contributed by atoms with E-state index in [1.54, 1.807) is 0 Å². The van der Waals surface area contributed by atoms with Crippen molar-refractivity contribution in [3.63, 3.8) is 0 Å². The number of hydrogen-bond acceptors (Lipinski definition) is 3. The monoisotopic (exact) mass is 308 g/mol. The van der Waals surface area contributed by atoms with Gasteiger partial charge in [0.2, 0.25) is 5.91 Å². The molecule has 1 aromatic heterocycles. The number of carbonyl (C=O) groups is 1. The summed E-state index contributed by atoms with van der Waals surface area (Å²) < 4.78 is 2.56. The Labute approximate surface area is 130 Å². The molecule has 0 aliphatic heterocycles. The summed E-state index contributed by atoms with van der Waals surface area (Å²) in [5.41, 5.74) is 0. The number of carbonyl (C=O) groups excluding carboxylic acids is 1. The standard InChI is InChI=1S/C15H24N4OS/c1-9(2)19-13(17-18-15(19)21)8-16-14(20)7-12-6-10-3-4-11(12)5-10/h9-12H,3-8H2,1-2H3,(H,16,20)(H,18,21)/t10-,11-,12-/m0/s1. The smallest absolute Gasteiger partial charge is 0.220 e. The van der Waals surface area contributed by atoms with Crippen molar-refractivity contribution in [3.8, 4) is 0 Å². The van der Waals surface area contributed by atoms with Crippen LogP contribution in [0.3, 0.4) is 0 Å². The number of hydrogen-bond donors (Lipinski definition) is 2. The molecule has 2 bridgehead atoms. The summed E-state index contributed by atoms with van der Waals surface area (Å²) in [6.07, 6.45) is 5.99. The number of nitrogens with zero attached hydrogens (tertiary/aromatic N) is 2. The Morgan fingerprint density at radius 3 is 2.90 bits per heavy atom. The lowest BCUT2D eigenvalue weighted by Gasteiger charge is -2.21. The molecule has 2 fully saturated rings. The van der Waals surface area contributed by atoms with Crippen LogP contribution in [0.5, 0.6) is 0 Å². The lowest BCUT2D eigenvalue weighted by atomic mass is 9.86. The average molecular weight is 308 g/mol. The maximum absolute atomic E-state index is 12.2. The first-order chi connectivity index (χ1) is 10.0. The first kappa shape index (κ1) is 14.8. The van der Waals surface area contributed by atoms with Gasteiger partial charge in [-0.3, -0.25) is 9.89 Å². The molecule has 5 nitrogen and oxygen atoms in total.